The minimum absolute atomic E-state index is 0.238. The number of rotatable bonds is 3. The number of nitrogens with zero attached hydrogens (tertiary/aromatic N) is 4. The normalized spacial score (nSPS) is 18.2. The Bertz CT molecular complexity index is 735. The van der Waals surface area contributed by atoms with Gasteiger partial charge in [0.1, 0.15) is 5.69 Å². The van der Waals surface area contributed by atoms with Gasteiger partial charge in [0.15, 0.2) is 0 Å². The predicted molar refractivity (Wildman–Crippen MR) is 95.7 cm³/mol. The topological polar surface area (TPSA) is 59.0 Å². The lowest BCUT2D eigenvalue weighted by molar-refractivity contribution is -0.138. The molecule has 1 amide bonds. The van der Waals surface area contributed by atoms with Crippen LogP contribution in [-0.4, -0.2) is 38.8 Å². The number of carbonyl (C=O) groups excluding carboxylic acids is 1. The number of likely N-dealkylation sites (tertiary alicyclic amines) is 1. The van der Waals surface area contributed by atoms with Crippen molar-refractivity contribution in [3.05, 3.63) is 29.3 Å². The lowest BCUT2D eigenvalue weighted by Gasteiger charge is -2.25. The van der Waals surface area contributed by atoms with Gasteiger partial charge in [-0.25, -0.2) is 4.98 Å². The van der Waals surface area contributed by atoms with Crippen LogP contribution in [0.1, 0.15) is 37.9 Å². The summed E-state index contributed by atoms with van der Waals surface area (Å²) in [6.45, 7) is 9.60. The third-order valence-corrected chi connectivity index (χ3v) is 5.24. The van der Waals surface area contributed by atoms with E-state index in [1.54, 1.807) is 23.7 Å². The fraction of sp³-hybridized carbons (Fsp3) is 0.556. The molecule has 3 rings (SSSR count). The van der Waals surface area contributed by atoms with E-state index in [0.717, 1.165) is 47.2 Å². The van der Waals surface area contributed by atoms with Crippen molar-refractivity contribution in [1.82, 2.24) is 19.9 Å². The summed E-state index contributed by atoms with van der Waals surface area (Å²) in [4.78, 5) is 28.9. The number of thiazole rings is 1. The largest absolute Gasteiger partial charge is 0.342 e. The molecule has 2 aromatic heterocycles. The second-order valence-electron chi connectivity index (χ2n) is 7.46. The van der Waals surface area contributed by atoms with Crippen molar-refractivity contribution in [2.75, 3.05) is 13.1 Å². The van der Waals surface area contributed by atoms with Crippen LogP contribution >= 0.6 is 11.3 Å². The molecule has 1 atom stereocenters. The molecule has 0 aromatic carbocycles. The molecule has 5 nitrogen and oxygen atoms in total. The third kappa shape index (κ3) is 3.64. The Morgan fingerprint density at radius 3 is 2.71 bits per heavy atom. The summed E-state index contributed by atoms with van der Waals surface area (Å²) in [7, 11) is 0. The van der Waals surface area contributed by atoms with Crippen LogP contribution in [0.3, 0.4) is 0 Å². The van der Waals surface area contributed by atoms with E-state index >= 15 is 0 Å². The van der Waals surface area contributed by atoms with Crippen molar-refractivity contribution in [3.8, 4) is 10.6 Å². The Hall–Kier alpha value is -1.82. The molecule has 2 aromatic rings. The fourth-order valence-corrected chi connectivity index (χ4v) is 3.92. The minimum Gasteiger partial charge on any atom is -0.342 e. The molecule has 128 valence electrons. The summed E-state index contributed by atoms with van der Waals surface area (Å²) in [5, 5.41) is 1.03. The highest BCUT2D eigenvalue weighted by molar-refractivity contribution is 7.15. The third-order valence-electron chi connectivity index (χ3n) is 4.33. The summed E-state index contributed by atoms with van der Waals surface area (Å²) in [5.41, 5.74) is 1.63. The summed E-state index contributed by atoms with van der Waals surface area (Å²) < 4.78 is 0. The SMILES string of the molecule is Cc1ncc(-c2nccnc2CC2CCN(C(=O)C(C)(C)C)C2)s1. The van der Waals surface area contributed by atoms with Crippen LogP contribution in [0.2, 0.25) is 0 Å². The molecule has 0 N–H and O–H groups in total. The summed E-state index contributed by atoms with van der Waals surface area (Å²) in [6.07, 6.45) is 7.24. The van der Waals surface area contributed by atoms with Gasteiger partial charge in [-0.05, 0) is 25.7 Å². The van der Waals surface area contributed by atoms with Crippen LogP contribution in [-0.2, 0) is 11.2 Å². The van der Waals surface area contributed by atoms with Crippen LogP contribution in [0, 0.1) is 18.3 Å². The van der Waals surface area contributed by atoms with E-state index in [-0.39, 0.29) is 11.3 Å². The molecule has 0 bridgehead atoms. The lowest BCUT2D eigenvalue weighted by atomic mass is 9.95. The Labute approximate surface area is 147 Å². The molecule has 0 spiro atoms. The zero-order chi connectivity index (χ0) is 17.3. The first-order chi connectivity index (χ1) is 11.3. The number of aryl methyl sites for hydroxylation is 1. The van der Waals surface area contributed by atoms with Gasteiger partial charge in [-0.2, -0.15) is 0 Å². The maximum atomic E-state index is 12.4. The highest BCUT2D eigenvalue weighted by Gasteiger charge is 2.33. The van der Waals surface area contributed by atoms with Gasteiger partial charge in [-0.3, -0.25) is 14.8 Å². The van der Waals surface area contributed by atoms with E-state index in [2.05, 4.69) is 15.0 Å². The highest BCUT2D eigenvalue weighted by atomic mass is 32.1. The zero-order valence-electron chi connectivity index (χ0n) is 14.7. The molecule has 6 heteroatoms. The first-order valence-electron chi connectivity index (χ1n) is 8.36. The van der Waals surface area contributed by atoms with Crippen LogP contribution in [0.5, 0.6) is 0 Å². The maximum absolute atomic E-state index is 12.4. The predicted octanol–water partition coefficient (Wildman–Crippen LogP) is 3.35. The van der Waals surface area contributed by atoms with Gasteiger partial charge in [0.25, 0.3) is 0 Å². The Morgan fingerprint density at radius 1 is 1.29 bits per heavy atom. The van der Waals surface area contributed by atoms with E-state index < -0.39 is 0 Å². The van der Waals surface area contributed by atoms with E-state index in [4.69, 9.17) is 0 Å². The molecular formula is C18H24N4OS. The molecule has 0 radical (unpaired) electrons. The van der Waals surface area contributed by atoms with Gasteiger partial charge in [0, 0.05) is 37.1 Å². The van der Waals surface area contributed by atoms with Crippen molar-refractivity contribution < 1.29 is 4.79 Å². The van der Waals surface area contributed by atoms with E-state index in [0.29, 0.717) is 5.92 Å². The number of hydrogen-bond acceptors (Lipinski definition) is 5. The van der Waals surface area contributed by atoms with Crippen LogP contribution < -0.4 is 0 Å². The van der Waals surface area contributed by atoms with Gasteiger partial charge in [-0.15, -0.1) is 11.3 Å². The van der Waals surface area contributed by atoms with Crippen molar-refractivity contribution in [3.63, 3.8) is 0 Å². The molecule has 1 aliphatic rings. The molecule has 0 aliphatic carbocycles. The zero-order valence-corrected chi connectivity index (χ0v) is 15.6. The first-order valence-corrected chi connectivity index (χ1v) is 9.18. The molecular weight excluding hydrogens is 320 g/mol. The van der Waals surface area contributed by atoms with Crippen LogP contribution in [0.25, 0.3) is 10.6 Å². The van der Waals surface area contributed by atoms with Crippen LogP contribution in [0.4, 0.5) is 0 Å². The molecule has 1 fully saturated rings. The van der Waals surface area contributed by atoms with Gasteiger partial charge < -0.3 is 4.90 Å². The van der Waals surface area contributed by atoms with Gasteiger partial charge in [0.2, 0.25) is 5.91 Å². The summed E-state index contributed by atoms with van der Waals surface area (Å²) in [5.74, 6) is 0.684. The summed E-state index contributed by atoms with van der Waals surface area (Å²) >= 11 is 1.64. The quantitative estimate of drug-likeness (QED) is 0.857. The Kier molecular flexibility index (Phi) is 4.67. The number of amides is 1. The van der Waals surface area contributed by atoms with Gasteiger partial charge in [-0.1, -0.05) is 20.8 Å². The minimum atomic E-state index is -0.313. The highest BCUT2D eigenvalue weighted by Crippen LogP contribution is 2.30. The standard InChI is InChI=1S/C18H24N4OS/c1-12-21-10-15(24-12)16-14(19-6-7-20-16)9-13-5-8-22(11-13)17(23)18(2,3)4/h6-7,10,13H,5,8-9,11H2,1-4H3. The molecule has 1 unspecified atom stereocenters. The Morgan fingerprint density at radius 2 is 2.04 bits per heavy atom. The number of carbonyl (C=O) groups is 1. The number of aromatic nitrogens is 3. The second kappa shape index (κ2) is 6.59. The summed E-state index contributed by atoms with van der Waals surface area (Å²) in [6, 6.07) is 0. The van der Waals surface area contributed by atoms with Crippen molar-refractivity contribution in [2.24, 2.45) is 11.3 Å². The van der Waals surface area contributed by atoms with Gasteiger partial charge >= 0.3 is 0 Å². The van der Waals surface area contributed by atoms with Gasteiger partial charge in [0.05, 0.1) is 15.6 Å². The Balaban J connectivity index is 1.73. The smallest absolute Gasteiger partial charge is 0.227 e. The monoisotopic (exact) mass is 344 g/mol. The van der Waals surface area contributed by atoms with Crippen molar-refractivity contribution in [1.29, 1.82) is 0 Å². The average Bonchev–Trinajstić information content (AvgIpc) is 3.15. The van der Waals surface area contributed by atoms with E-state index in [9.17, 15) is 4.79 Å². The first kappa shape index (κ1) is 17.0. The van der Waals surface area contributed by atoms with Crippen LogP contribution in [0.15, 0.2) is 18.6 Å². The molecule has 24 heavy (non-hydrogen) atoms. The fourth-order valence-electron chi connectivity index (χ4n) is 3.12. The molecule has 1 saturated heterocycles. The van der Waals surface area contributed by atoms with E-state index in [1.165, 1.54) is 0 Å². The second-order valence-corrected chi connectivity index (χ2v) is 8.69. The average molecular weight is 344 g/mol. The maximum Gasteiger partial charge on any atom is 0.227 e. The lowest BCUT2D eigenvalue weighted by Crippen LogP contribution is -2.38. The number of hydrogen-bond donors (Lipinski definition) is 0. The molecule has 0 saturated carbocycles. The van der Waals surface area contributed by atoms with E-state index in [1.807, 2.05) is 38.8 Å². The molecule has 3 heterocycles. The molecule has 1 aliphatic heterocycles. The van der Waals surface area contributed by atoms with Crippen molar-refractivity contribution in [2.45, 2.75) is 40.5 Å². The van der Waals surface area contributed by atoms with Crippen molar-refractivity contribution >= 4 is 17.2 Å².